The van der Waals surface area contributed by atoms with Gasteiger partial charge in [0.25, 0.3) is 0 Å². The minimum Gasteiger partial charge on any atom is -0.385 e. The summed E-state index contributed by atoms with van der Waals surface area (Å²) in [5, 5.41) is 10.9. The van der Waals surface area contributed by atoms with Gasteiger partial charge in [-0.05, 0) is 48.9 Å². The average molecular weight is 353 g/mol. The molecule has 2 aromatic carbocycles. The summed E-state index contributed by atoms with van der Waals surface area (Å²) in [6.45, 7) is 2.23. The summed E-state index contributed by atoms with van der Waals surface area (Å²) in [4.78, 5) is 15.0. The minimum absolute atomic E-state index is 0.0645. The number of piperidine rings is 1. The molecule has 0 spiro atoms. The van der Waals surface area contributed by atoms with Crippen molar-refractivity contribution in [1.82, 2.24) is 4.90 Å². The van der Waals surface area contributed by atoms with Crippen LogP contribution in [0.2, 0.25) is 0 Å². The molecule has 0 saturated carbocycles. The predicted molar refractivity (Wildman–Crippen MR) is 98.6 cm³/mol. The van der Waals surface area contributed by atoms with E-state index in [9.17, 15) is 14.3 Å². The van der Waals surface area contributed by atoms with Crippen LogP contribution in [0, 0.1) is 11.7 Å². The van der Waals surface area contributed by atoms with Crippen molar-refractivity contribution in [2.24, 2.45) is 5.92 Å². The Balaban J connectivity index is 1.40. The van der Waals surface area contributed by atoms with E-state index in [1.807, 2.05) is 30.3 Å². The molecule has 0 bridgehead atoms. The number of halogens is 1. The number of ketones is 1. The zero-order chi connectivity index (χ0) is 18.1. The molecule has 1 unspecified atom stereocenters. The fraction of sp³-hybridized carbons (Fsp3) is 0.409. The van der Waals surface area contributed by atoms with Crippen LogP contribution in [0.4, 0.5) is 4.39 Å². The second kappa shape index (κ2) is 6.93. The van der Waals surface area contributed by atoms with Crippen LogP contribution in [-0.4, -0.2) is 35.4 Å². The van der Waals surface area contributed by atoms with Gasteiger partial charge in [0.15, 0.2) is 5.78 Å². The molecule has 1 heterocycles. The molecule has 136 valence electrons. The van der Waals surface area contributed by atoms with E-state index in [2.05, 4.69) is 4.90 Å². The fourth-order valence-electron chi connectivity index (χ4n) is 4.31. The molecule has 1 atom stereocenters. The summed E-state index contributed by atoms with van der Waals surface area (Å²) in [6.07, 6.45) is 2.98. The van der Waals surface area contributed by atoms with Crippen LogP contribution in [0.25, 0.3) is 0 Å². The normalized spacial score (nSPS) is 22.8. The number of rotatable bonds is 3. The Labute approximate surface area is 153 Å². The number of fused-ring (bicyclic) bond motifs is 1. The van der Waals surface area contributed by atoms with E-state index in [4.69, 9.17) is 0 Å². The first kappa shape index (κ1) is 17.4. The number of aliphatic hydroxyl groups is 1. The molecular weight excluding hydrogens is 329 g/mol. The molecule has 1 aliphatic heterocycles. The maximum Gasteiger partial charge on any atom is 0.167 e. The smallest absolute Gasteiger partial charge is 0.167 e. The molecule has 0 aromatic heterocycles. The van der Waals surface area contributed by atoms with Crippen LogP contribution in [0.15, 0.2) is 48.5 Å². The molecule has 1 fully saturated rings. The predicted octanol–water partition coefficient (Wildman–Crippen LogP) is 3.55. The monoisotopic (exact) mass is 353 g/mol. The van der Waals surface area contributed by atoms with Crippen molar-refractivity contribution in [3.8, 4) is 0 Å². The van der Waals surface area contributed by atoms with Gasteiger partial charge < -0.3 is 10.0 Å². The number of carbonyl (C=O) groups excluding carboxylic acids is 1. The minimum atomic E-state index is -0.774. The first-order valence-electron chi connectivity index (χ1n) is 9.38. The lowest BCUT2D eigenvalue weighted by molar-refractivity contribution is -0.0283. The molecule has 2 aliphatic rings. The summed E-state index contributed by atoms with van der Waals surface area (Å²) in [6, 6.07) is 14.4. The van der Waals surface area contributed by atoms with Gasteiger partial charge in [-0.1, -0.05) is 36.4 Å². The van der Waals surface area contributed by atoms with E-state index in [1.54, 1.807) is 6.07 Å². The standard InChI is InChI=1S/C22H24FNO2/c23-19-9-8-16-6-7-17(21(25)20(16)14-19)15-24-12-10-22(26,11-13-24)18-4-2-1-3-5-18/h1-5,8-9,14,17,26H,6-7,10-13,15H2. The Kier molecular flexibility index (Phi) is 4.63. The van der Waals surface area contributed by atoms with Crippen LogP contribution in [0.3, 0.4) is 0 Å². The second-order valence-corrected chi connectivity index (χ2v) is 7.60. The lowest BCUT2D eigenvalue weighted by atomic mass is 9.81. The van der Waals surface area contributed by atoms with Crippen LogP contribution in [0.1, 0.15) is 40.7 Å². The largest absolute Gasteiger partial charge is 0.385 e. The highest BCUT2D eigenvalue weighted by atomic mass is 19.1. The van der Waals surface area contributed by atoms with Crippen molar-refractivity contribution in [2.45, 2.75) is 31.3 Å². The van der Waals surface area contributed by atoms with Gasteiger partial charge in [-0.3, -0.25) is 4.79 Å². The van der Waals surface area contributed by atoms with Crippen molar-refractivity contribution < 1.29 is 14.3 Å². The third-order valence-electron chi connectivity index (χ3n) is 5.94. The summed E-state index contributed by atoms with van der Waals surface area (Å²) in [7, 11) is 0. The number of hydrogen-bond acceptors (Lipinski definition) is 3. The van der Waals surface area contributed by atoms with Crippen molar-refractivity contribution in [2.75, 3.05) is 19.6 Å². The molecule has 2 aromatic rings. The Bertz CT molecular complexity index is 797. The van der Waals surface area contributed by atoms with Gasteiger partial charge in [0.2, 0.25) is 0 Å². The highest BCUT2D eigenvalue weighted by molar-refractivity contribution is 6.00. The van der Waals surface area contributed by atoms with E-state index < -0.39 is 5.60 Å². The third-order valence-corrected chi connectivity index (χ3v) is 5.94. The molecule has 26 heavy (non-hydrogen) atoms. The molecule has 4 heteroatoms. The van der Waals surface area contributed by atoms with Crippen LogP contribution < -0.4 is 0 Å². The highest BCUT2D eigenvalue weighted by Crippen LogP contribution is 2.34. The van der Waals surface area contributed by atoms with Gasteiger partial charge in [0, 0.05) is 31.1 Å². The Morgan fingerprint density at radius 1 is 1.12 bits per heavy atom. The van der Waals surface area contributed by atoms with Crippen LogP contribution in [0.5, 0.6) is 0 Å². The molecule has 1 saturated heterocycles. The lowest BCUT2D eigenvalue weighted by Crippen LogP contribution is -2.45. The number of aryl methyl sites for hydroxylation is 1. The zero-order valence-corrected chi connectivity index (χ0v) is 14.8. The van der Waals surface area contributed by atoms with Gasteiger partial charge in [0.1, 0.15) is 5.82 Å². The van der Waals surface area contributed by atoms with E-state index in [1.165, 1.54) is 12.1 Å². The van der Waals surface area contributed by atoms with Gasteiger partial charge in [-0.15, -0.1) is 0 Å². The van der Waals surface area contributed by atoms with E-state index >= 15 is 0 Å². The van der Waals surface area contributed by atoms with E-state index in [0.29, 0.717) is 24.9 Å². The molecule has 4 rings (SSSR count). The lowest BCUT2D eigenvalue weighted by Gasteiger charge is -2.40. The number of hydrogen-bond donors (Lipinski definition) is 1. The zero-order valence-electron chi connectivity index (χ0n) is 14.8. The SMILES string of the molecule is O=C1c2cc(F)ccc2CCC1CN1CCC(O)(c2ccccc2)CC1. The number of likely N-dealkylation sites (tertiary alicyclic amines) is 1. The van der Waals surface area contributed by atoms with Gasteiger partial charge in [0.05, 0.1) is 5.60 Å². The second-order valence-electron chi connectivity index (χ2n) is 7.60. The van der Waals surface area contributed by atoms with Gasteiger partial charge >= 0.3 is 0 Å². The quantitative estimate of drug-likeness (QED) is 0.917. The summed E-state index contributed by atoms with van der Waals surface area (Å²) >= 11 is 0. The number of benzene rings is 2. The third kappa shape index (κ3) is 3.31. The fourth-order valence-corrected chi connectivity index (χ4v) is 4.31. The van der Waals surface area contributed by atoms with Gasteiger partial charge in [-0.2, -0.15) is 0 Å². The van der Waals surface area contributed by atoms with E-state index in [-0.39, 0.29) is 17.5 Å². The van der Waals surface area contributed by atoms with Crippen LogP contribution in [-0.2, 0) is 12.0 Å². The molecule has 0 radical (unpaired) electrons. The number of Topliss-reactive ketones (excluding diaryl/α,β-unsaturated/α-hetero) is 1. The first-order chi connectivity index (χ1) is 12.5. The van der Waals surface area contributed by atoms with Crippen molar-refractivity contribution in [3.63, 3.8) is 0 Å². The van der Waals surface area contributed by atoms with E-state index in [0.717, 1.165) is 37.1 Å². The highest BCUT2D eigenvalue weighted by Gasteiger charge is 2.36. The molecule has 0 amide bonds. The van der Waals surface area contributed by atoms with Crippen molar-refractivity contribution >= 4 is 5.78 Å². The molecule has 3 nitrogen and oxygen atoms in total. The molecular formula is C22H24FNO2. The maximum atomic E-state index is 13.5. The Morgan fingerprint density at radius 3 is 2.58 bits per heavy atom. The number of carbonyl (C=O) groups is 1. The topological polar surface area (TPSA) is 40.5 Å². The first-order valence-corrected chi connectivity index (χ1v) is 9.38. The Morgan fingerprint density at radius 2 is 1.85 bits per heavy atom. The molecule has 1 N–H and O–H groups in total. The van der Waals surface area contributed by atoms with Gasteiger partial charge in [-0.25, -0.2) is 4.39 Å². The summed E-state index contributed by atoms with van der Waals surface area (Å²) in [5.74, 6) is -0.356. The summed E-state index contributed by atoms with van der Waals surface area (Å²) < 4.78 is 13.5. The van der Waals surface area contributed by atoms with Crippen molar-refractivity contribution in [3.05, 3.63) is 71.0 Å². The van der Waals surface area contributed by atoms with Crippen molar-refractivity contribution in [1.29, 1.82) is 0 Å². The summed E-state index contributed by atoms with van der Waals surface area (Å²) in [5.41, 5.74) is 1.71. The molecule has 1 aliphatic carbocycles. The maximum absolute atomic E-state index is 13.5. The average Bonchev–Trinajstić information content (AvgIpc) is 2.67. The van der Waals surface area contributed by atoms with Crippen LogP contribution >= 0.6 is 0 Å². The number of nitrogens with zero attached hydrogens (tertiary/aromatic N) is 1. The Hall–Kier alpha value is -2.04.